The maximum Gasteiger partial charge on any atom is 0.387 e. The van der Waals surface area contributed by atoms with Crippen molar-refractivity contribution in [3.8, 4) is 5.75 Å². The summed E-state index contributed by atoms with van der Waals surface area (Å²) in [5.74, 6) is -1.26. The summed E-state index contributed by atoms with van der Waals surface area (Å²) in [4.78, 5) is 0. The number of para-hydroxylation sites is 1. The van der Waals surface area contributed by atoms with E-state index in [1.165, 1.54) is 18.2 Å². The second kappa shape index (κ2) is 6.58. The van der Waals surface area contributed by atoms with Crippen molar-refractivity contribution in [2.75, 3.05) is 0 Å². The molecule has 0 aliphatic carbocycles. The van der Waals surface area contributed by atoms with E-state index in [-0.39, 0.29) is 17.7 Å². The Morgan fingerprint density at radius 1 is 1.05 bits per heavy atom. The molecule has 0 amide bonds. The summed E-state index contributed by atoms with van der Waals surface area (Å²) in [7, 11) is 0. The van der Waals surface area contributed by atoms with E-state index in [2.05, 4.69) is 4.74 Å². The number of alkyl halides is 2. The minimum atomic E-state index is -2.98. The number of hydrogen-bond acceptors (Lipinski definition) is 2. The molecule has 0 saturated carbocycles. The van der Waals surface area contributed by atoms with Crippen molar-refractivity contribution in [3.63, 3.8) is 0 Å². The molecule has 2 N–H and O–H groups in total. The monoisotopic (exact) mass is 299 g/mol. The fourth-order valence-corrected chi connectivity index (χ4v) is 2.04. The van der Waals surface area contributed by atoms with Gasteiger partial charge in [-0.3, -0.25) is 0 Å². The molecule has 2 aromatic carbocycles. The van der Waals surface area contributed by atoms with Gasteiger partial charge in [-0.15, -0.1) is 0 Å². The molecule has 0 spiro atoms. The Bertz CT molecular complexity index is 618. The van der Waals surface area contributed by atoms with Gasteiger partial charge >= 0.3 is 6.61 Å². The molecule has 0 aromatic heterocycles. The summed E-state index contributed by atoms with van der Waals surface area (Å²) in [6, 6.07) is 8.23. The van der Waals surface area contributed by atoms with Gasteiger partial charge in [0.2, 0.25) is 0 Å². The molecular formula is C15H13F4NO. The van der Waals surface area contributed by atoms with Crippen LogP contribution < -0.4 is 10.5 Å². The van der Waals surface area contributed by atoms with E-state index in [9.17, 15) is 17.6 Å². The normalized spacial score (nSPS) is 12.5. The molecule has 1 unspecified atom stereocenters. The molecule has 2 rings (SSSR count). The zero-order chi connectivity index (χ0) is 15.4. The van der Waals surface area contributed by atoms with Crippen LogP contribution in [0.4, 0.5) is 17.6 Å². The third kappa shape index (κ3) is 3.95. The first-order valence-corrected chi connectivity index (χ1v) is 6.20. The van der Waals surface area contributed by atoms with Gasteiger partial charge in [0.15, 0.2) is 0 Å². The van der Waals surface area contributed by atoms with Crippen LogP contribution in [0, 0.1) is 11.6 Å². The maximum atomic E-state index is 13.6. The van der Waals surface area contributed by atoms with Crippen LogP contribution in [0.15, 0.2) is 42.5 Å². The molecule has 0 fully saturated rings. The van der Waals surface area contributed by atoms with Crippen molar-refractivity contribution in [3.05, 3.63) is 65.2 Å². The average molecular weight is 299 g/mol. The van der Waals surface area contributed by atoms with Crippen LogP contribution in [0.2, 0.25) is 0 Å². The molecule has 0 radical (unpaired) electrons. The average Bonchev–Trinajstić information content (AvgIpc) is 2.42. The number of rotatable bonds is 5. The summed E-state index contributed by atoms with van der Waals surface area (Å²) < 4.78 is 55.8. The van der Waals surface area contributed by atoms with Gasteiger partial charge in [-0.2, -0.15) is 8.78 Å². The van der Waals surface area contributed by atoms with Crippen LogP contribution in [-0.4, -0.2) is 6.61 Å². The highest BCUT2D eigenvalue weighted by molar-refractivity contribution is 5.37. The summed E-state index contributed by atoms with van der Waals surface area (Å²) >= 11 is 0. The molecule has 0 heterocycles. The first kappa shape index (κ1) is 15.3. The highest BCUT2D eigenvalue weighted by atomic mass is 19.3. The standard InChI is InChI=1S/C15H13F4NO/c16-10-5-6-12(17)9(7-10)8-13(20)11-3-1-2-4-14(11)21-15(18)19/h1-7,13,15H,8,20H2. The third-order valence-corrected chi connectivity index (χ3v) is 2.98. The van der Waals surface area contributed by atoms with Crippen LogP contribution in [0.3, 0.4) is 0 Å². The fourth-order valence-electron chi connectivity index (χ4n) is 2.04. The van der Waals surface area contributed by atoms with Crippen molar-refractivity contribution in [2.24, 2.45) is 5.73 Å². The van der Waals surface area contributed by atoms with Crippen LogP contribution in [0.1, 0.15) is 17.2 Å². The molecule has 2 nitrogen and oxygen atoms in total. The minimum absolute atomic E-state index is 0.0345. The summed E-state index contributed by atoms with van der Waals surface area (Å²) in [6.07, 6.45) is -0.0345. The highest BCUT2D eigenvalue weighted by Crippen LogP contribution is 2.28. The summed E-state index contributed by atoms with van der Waals surface area (Å²) in [5, 5.41) is 0. The van der Waals surface area contributed by atoms with Gasteiger partial charge in [0.1, 0.15) is 17.4 Å². The highest BCUT2D eigenvalue weighted by Gasteiger charge is 2.17. The van der Waals surface area contributed by atoms with E-state index >= 15 is 0 Å². The lowest BCUT2D eigenvalue weighted by atomic mass is 9.98. The molecule has 0 saturated heterocycles. The van der Waals surface area contributed by atoms with Gasteiger partial charge in [0.05, 0.1) is 0 Å². The first-order chi connectivity index (χ1) is 9.97. The number of nitrogens with two attached hydrogens (primary N) is 1. The number of benzene rings is 2. The zero-order valence-electron chi connectivity index (χ0n) is 10.9. The molecule has 0 aliphatic heterocycles. The number of hydrogen-bond donors (Lipinski definition) is 1. The van der Waals surface area contributed by atoms with Crippen LogP contribution >= 0.6 is 0 Å². The molecule has 21 heavy (non-hydrogen) atoms. The Kier molecular flexibility index (Phi) is 4.80. The van der Waals surface area contributed by atoms with Gasteiger partial charge in [0.25, 0.3) is 0 Å². The topological polar surface area (TPSA) is 35.2 Å². The third-order valence-electron chi connectivity index (χ3n) is 2.98. The van der Waals surface area contributed by atoms with E-state index in [0.29, 0.717) is 5.56 Å². The Labute approximate surface area is 119 Å². The smallest absolute Gasteiger partial charge is 0.387 e. The van der Waals surface area contributed by atoms with Crippen molar-refractivity contribution < 1.29 is 22.3 Å². The molecule has 1 atom stereocenters. The second-order valence-electron chi connectivity index (χ2n) is 4.46. The fraction of sp³-hybridized carbons (Fsp3) is 0.200. The predicted octanol–water partition coefficient (Wildman–Crippen LogP) is 3.81. The van der Waals surface area contributed by atoms with Gasteiger partial charge in [0, 0.05) is 11.6 Å². The van der Waals surface area contributed by atoms with E-state index in [1.54, 1.807) is 6.07 Å². The number of halogens is 4. The molecule has 112 valence electrons. The Balaban J connectivity index is 2.24. The Morgan fingerprint density at radius 3 is 2.48 bits per heavy atom. The van der Waals surface area contributed by atoms with E-state index in [1.807, 2.05) is 0 Å². The van der Waals surface area contributed by atoms with Crippen molar-refractivity contribution in [1.29, 1.82) is 0 Å². The minimum Gasteiger partial charge on any atom is -0.434 e. The van der Waals surface area contributed by atoms with Crippen molar-refractivity contribution in [1.82, 2.24) is 0 Å². The van der Waals surface area contributed by atoms with E-state index in [4.69, 9.17) is 5.73 Å². The molecule has 2 aromatic rings. The lowest BCUT2D eigenvalue weighted by molar-refractivity contribution is -0.0506. The van der Waals surface area contributed by atoms with Gasteiger partial charge in [-0.25, -0.2) is 8.78 Å². The largest absolute Gasteiger partial charge is 0.434 e. The van der Waals surface area contributed by atoms with Crippen molar-refractivity contribution in [2.45, 2.75) is 19.1 Å². The van der Waals surface area contributed by atoms with Gasteiger partial charge in [-0.1, -0.05) is 18.2 Å². The predicted molar refractivity (Wildman–Crippen MR) is 70.1 cm³/mol. The second-order valence-corrected chi connectivity index (χ2v) is 4.46. The molecular weight excluding hydrogens is 286 g/mol. The van der Waals surface area contributed by atoms with Crippen LogP contribution in [0.5, 0.6) is 5.75 Å². The molecule has 6 heteroatoms. The lowest BCUT2D eigenvalue weighted by Crippen LogP contribution is -2.16. The Morgan fingerprint density at radius 2 is 1.76 bits per heavy atom. The van der Waals surface area contributed by atoms with E-state index in [0.717, 1.165) is 18.2 Å². The van der Waals surface area contributed by atoms with E-state index < -0.39 is 24.3 Å². The van der Waals surface area contributed by atoms with Gasteiger partial charge in [-0.05, 0) is 36.2 Å². The van der Waals surface area contributed by atoms with Gasteiger partial charge < -0.3 is 10.5 Å². The Hall–Kier alpha value is -2.08. The molecule has 0 aliphatic rings. The summed E-state index contributed by atoms with van der Waals surface area (Å²) in [6.45, 7) is -2.98. The van der Waals surface area contributed by atoms with Crippen LogP contribution in [0.25, 0.3) is 0 Å². The van der Waals surface area contributed by atoms with Crippen LogP contribution in [-0.2, 0) is 6.42 Å². The number of ether oxygens (including phenoxy) is 1. The quantitative estimate of drug-likeness (QED) is 0.852. The maximum absolute atomic E-state index is 13.6. The summed E-state index contributed by atoms with van der Waals surface area (Å²) in [5.41, 5.74) is 6.29. The van der Waals surface area contributed by atoms with Crippen molar-refractivity contribution >= 4 is 0 Å². The lowest BCUT2D eigenvalue weighted by Gasteiger charge is -2.17. The molecule has 0 bridgehead atoms. The SMILES string of the molecule is NC(Cc1cc(F)ccc1F)c1ccccc1OC(F)F. The zero-order valence-corrected chi connectivity index (χ0v) is 10.9. The first-order valence-electron chi connectivity index (χ1n) is 6.20.